The van der Waals surface area contributed by atoms with Crippen LogP contribution in [0, 0.1) is 0 Å². The smallest absolute Gasteiger partial charge is 0.127 e. The minimum atomic E-state index is 0.0920. The molecule has 0 saturated carbocycles. The fourth-order valence-electron chi connectivity index (χ4n) is 1.97. The molecule has 0 radical (unpaired) electrons. The zero-order valence-corrected chi connectivity index (χ0v) is 14.0. The van der Waals surface area contributed by atoms with Crippen molar-refractivity contribution in [2.24, 2.45) is 0 Å². The Bertz CT molecular complexity index is 527. The van der Waals surface area contributed by atoms with Crippen molar-refractivity contribution in [3.8, 4) is 5.75 Å². The lowest BCUT2D eigenvalue weighted by atomic mass is 10.1. The van der Waals surface area contributed by atoms with Crippen LogP contribution in [0.2, 0.25) is 0 Å². The lowest BCUT2D eigenvalue weighted by Gasteiger charge is -2.21. The van der Waals surface area contributed by atoms with Crippen LogP contribution in [0.4, 0.5) is 0 Å². The molecule has 116 valence electrons. The summed E-state index contributed by atoms with van der Waals surface area (Å²) in [6.07, 6.45) is 1.08. The second-order valence-electron chi connectivity index (χ2n) is 5.46. The maximum absolute atomic E-state index is 5.52. The first-order valence-electron chi connectivity index (χ1n) is 7.78. The van der Waals surface area contributed by atoms with Gasteiger partial charge in [-0.2, -0.15) is 0 Å². The fourth-order valence-corrected chi connectivity index (χ4v) is 1.97. The second-order valence-corrected chi connectivity index (χ2v) is 5.46. The summed E-state index contributed by atoms with van der Waals surface area (Å²) in [6.45, 7) is 11.9. The lowest BCUT2D eigenvalue weighted by Crippen LogP contribution is -2.22. The van der Waals surface area contributed by atoms with Crippen molar-refractivity contribution in [3.63, 3.8) is 0 Å². The Morgan fingerprint density at radius 3 is 2.10 bits per heavy atom. The van der Waals surface area contributed by atoms with Crippen molar-refractivity contribution in [1.29, 1.82) is 0 Å². The highest BCUT2D eigenvalue weighted by Gasteiger charge is 2.12. The van der Waals surface area contributed by atoms with Gasteiger partial charge in [0.15, 0.2) is 0 Å². The number of ether oxygens (including phenoxy) is 2. The van der Waals surface area contributed by atoms with Gasteiger partial charge in [0.2, 0.25) is 0 Å². The molecule has 0 N–H and O–H groups in total. The summed E-state index contributed by atoms with van der Waals surface area (Å²) in [5, 5.41) is 2.42. The van der Waals surface area contributed by atoms with Crippen LogP contribution in [0.25, 0.3) is 10.8 Å². The third kappa shape index (κ3) is 5.76. The summed E-state index contributed by atoms with van der Waals surface area (Å²) in [5.74, 6) is 0.973. The molecule has 0 fully saturated rings. The Kier molecular flexibility index (Phi) is 7.24. The van der Waals surface area contributed by atoms with E-state index in [1.807, 2.05) is 38.1 Å². The summed E-state index contributed by atoms with van der Waals surface area (Å²) in [4.78, 5) is 0. The van der Waals surface area contributed by atoms with E-state index < -0.39 is 0 Å². The molecule has 0 spiro atoms. The molecule has 2 rings (SSSR count). The van der Waals surface area contributed by atoms with Crippen LogP contribution in [0.15, 0.2) is 42.5 Å². The molecule has 0 atom stereocenters. The van der Waals surface area contributed by atoms with Crippen molar-refractivity contribution < 1.29 is 9.47 Å². The van der Waals surface area contributed by atoms with Gasteiger partial charge in [0, 0.05) is 12.0 Å². The molecule has 2 aromatic rings. The topological polar surface area (TPSA) is 18.5 Å². The van der Waals surface area contributed by atoms with Gasteiger partial charge in [-0.05, 0) is 45.6 Å². The first kappa shape index (κ1) is 17.5. The summed E-state index contributed by atoms with van der Waals surface area (Å²) < 4.78 is 10.9. The van der Waals surface area contributed by atoms with Gasteiger partial charge in [0.25, 0.3) is 0 Å². The van der Waals surface area contributed by atoms with Crippen molar-refractivity contribution >= 4 is 10.8 Å². The predicted molar refractivity (Wildman–Crippen MR) is 91.1 cm³/mol. The van der Waals surface area contributed by atoms with Crippen LogP contribution in [0.5, 0.6) is 5.75 Å². The van der Waals surface area contributed by atoms with Crippen LogP contribution >= 0.6 is 0 Å². The average molecular weight is 288 g/mol. The second kappa shape index (κ2) is 8.68. The maximum Gasteiger partial charge on any atom is 0.127 e. The predicted octanol–water partition coefficient (Wildman–Crippen LogP) is 5.45. The standard InChI is InChI=1S/C12H12O.C7H16O/c1-2-13-12-9-5-7-10-6-3-4-8-11(10)12;1-5-7(3,4)8-6-2/h3-9H,2H2,1H3;5-6H2,1-4H3. The van der Waals surface area contributed by atoms with Gasteiger partial charge < -0.3 is 9.47 Å². The molecule has 0 heterocycles. The highest BCUT2D eigenvalue weighted by atomic mass is 16.5. The van der Waals surface area contributed by atoms with Crippen molar-refractivity contribution in [2.45, 2.75) is 46.6 Å². The fraction of sp³-hybridized carbons (Fsp3) is 0.474. The molecular weight excluding hydrogens is 260 g/mol. The number of fused-ring (bicyclic) bond motifs is 1. The molecular formula is C19H28O2. The minimum Gasteiger partial charge on any atom is -0.493 e. The molecule has 0 saturated heterocycles. The quantitative estimate of drug-likeness (QED) is 0.728. The van der Waals surface area contributed by atoms with Gasteiger partial charge in [0.05, 0.1) is 12.2 Å². The van der Waals surface area contributed by atoms with Crippen molar-refractivity contribution in [2.75, 3.05) is 13.2 Å². The van der Waals surface area contributed by atoms with Gasteiger partial charge >= 0.3 is 0 Å². The molecule has 0 aromatic heterocycles. The van der Waals surface area contributed by atoms with Gasteiger partial charge in [0.1, 0.15) is 5.75 Å². The molecule has 0 bridgehead atoms. The Balaban J connectivity index is 0.000000240. The lowest BCUT2D eigenvalue weighted by molar-refractivity contribution is -0.0124. The summed E-state index contributed by atoms with van der Waals surface area (Å²) in [7, 11) is 0. The van der Waals surface area contributed by atoms with E-state index in [0.717, 1.165) is 18.8 Å². The Labute approximate surface area is 129 Å². The number of hydrogen-bond acceptors (Lipinski definition) is 2. The average Bonchev–Trinajstić information content (AvgIpc) is 2.49. The molecule has 21 heavy (non-hydrogen) atoms. The third-order valence-electron chi connectivity index (χ3n) is 3.44. The normalized spacial score (nSPS) is 10.9. The molecule has 0 unspecified atom stereocenters. The molecule has 2 nitrogen and oxygen atoms in total. The Morgan fingerprint density at radius 1 is 0.857 bits per heavy atom. The summed E-state index contributed by atoms with van der Waals surface area (Å²) in [5.41, 5.74) is 0.0920. The molecule has 0 aliphatic carbocycles. The van der Waals surface area contributed by atoms with Gasteiger partial charge in [-0.1, -0.05) is 43.3 Å². The monoisotopic (exact) mass is 288 g/mol. The van der Waals surface area contributed by atoms with E-state index in [1.165, 1.54) is 10.8 Å². The van der Waals surface area contributed by atoms with Crippen LogP contribution < -0.4 is 4.74 Å². The van der Waals surface area contributed by atoms with Crippen molar-refractivity contribution in [3.05, 3.63) is 42.5 Å². The van der Waals surface area contributed by atoms with Gasteiger partial charge in [-0.3, -0.25) is 0 Å². The van der Waals surface area contributed by atoms with Gasteiger partial charge in [-0.15, -0.1) is 0 Å². The maximum atomic E-state index is 5.52. The third-order valence-corrected chi connectivity index (χ3v) is 3.44. The number of rotatable bonds is 5. The molecule has 2 heteroatoms. The van der Waals surface area contributed by atoms with Crippen LogP contribution in [0.3, 0.4) is 0 Å². The summed E-state index contributed by atoms with van der Waals surface area (Å²) >= 11 is 0. The highest BCUT2D eigenvalue weighted by Crippen LogP contribution is 2.24. The largest absolute Gasteiger partial charge is 0.493 e. The van der Waals surface area contributed by atoms with E-state index in [2.05, 4.69) is 39.0 Å². The van der Waals surface area contributed by atoms with Crippen LogP contribution in [-0.2, 0) is 4.74 Å². The first-order chi connectivity index (χ1) is 10.0. The summed E-state index contributed by atoms with van der Waals surface area (Å²) in [6, 6.07) is 14.4. The van der Waals surface area contributed by atoms with E-state index >= 15 is 0 Å². The highest BCUT2D eigenvalue weighted by molar-refractivity contribution is 5.88. The Morgan fingerprint density at radius 2 is 1.52 bits per heavy atom. The minimum absolute atomic E-state index is 0.0920. The zero-order chi connectivity index (χ0) is 15.7. The molecule has 0 amide bonds. The van der Waals surface area contributed by atoms with E-state index in [9.17, 15) is 0 Å². The van der Waals surface area contributed by atoms with E-state index in [-0.39, 0.29) is 5.60 Å². The molecule has 0 aliphatic heterocycles. The van der Waals surface area contributed by atoms with Crippen LogP contribution in [-0.4, -0.2) is 18.8 Å². The molecule has 2 aromatic carbocycles. The zero-order valence-electron chi connectivity index (χ0n) is 14.0. The number of benzene rings is 2. The van der Waals surface area contributed by atoms with E-state index in [4.69, 9.17) is 9.47 Å². The molecule has 0 aliphatic rings. The number of hydrogen-bond donors (Lipinski definition) is 0. The van der Waals surface area contributed by atoms with E-state index in [0.29, 0.717) is 6.61 Å². The van der Waals surface area contributed by atoms with Crippen molar-refractivity contribution in [1.82, 2.24) is 0 Å². The van der Waals surface area contributed by atoms with Crippen LogP contribution in [0.1, 0.15) is 41.0 Å². The first-order valence-corrected chi connectivity index (χ1v) is 7.78. The Hall–Kier alpha value is -1.54. The van der Waals surface area contributed by atoms with E-state index in [1.54, 1.807) is 0 Å². The SMILES string of the molecule is CCOC(C)(C)CC.CCOc1cccc2ccccc12. The van der Waals surface area contributed by atoms with Gasteiger partial charge in [-0.25, -0.2) is 0 Å².